The Morgan fingerprint density at radius 1 is 0.227 bits per heavy atom. The van der Waals surface area contributed by atoms with Gasteiger partial charge in [0.2, 0.25) is 0 Å². The fraction of sp³-hybridized carbons (Fsp3) is 0. The van der Waals surface area contributed by atoms with E-state index >= 15 is 0 Å². The van der Waals surface area contributed by atoms with Gasteiger partial charge in [0.05, 0.1) is 0 Å². The number of nitriles is 2. The van der Waals surface area contributed by atoms with Gasteiger partial charge in [0.15, 0.2) is 0 Å². The van der Waals surface area contributed by atoms with Crippen molar-refractivity contribution in [2.24, 2.45) is 0 Å². The molecule has 150 heavy (non-hydrogen) atoms. The Morgan fingerprint density at radius 2 is 0.347 bits per heavy atom. The monoisotopic (exact) mass is 2240 g/mol. The molecular weight excluding hydrogens is 2150 g/mol. The maximum absolute atomic E-state index is 8.63. The number of nitrogens with zero attached hydrogens (tertiary/aromatic N) is 10. The van der Waals surface area contributed by atoms with Gasteiger partial charge in [-0.05, 0) is 86.5 Å². The molecule has 4 radical (unpaired) electrons. The average Bonchev–Trinajstić information content (AvgIpc) is 0.853. The Kier molecular flexibility index (Phi) is 61.6. The van der Waals surface area contributed by atoms with Crippen LogP contribution in [0.5, 0.6) is 5.75 Å². The summed E-state index contributed by atoms with van der Waals surface area (Å²) in [6, 6.07) is 207. The first-order chi connectivity index (χ1) is 71.1. The molecule has 0 unspecified atom stereocenters. The Bertz CT molecular complexity index is 6130. The van der Waals surface area contributed by atoms with E-state index in [1.54, 1.807) is 24.3 Å². The number of aliphatic hydroxyl groups is 1. The molecule has 0 bridgehead atoms. The first kappa shape index (κ1) is 124. The summed E-state index contributed by atoms with van der Waals surface area (Å²) in [6.45, 7) is 0. The Labute approximate surface area is 950 Å². The molecule has 0 saturated carbocycles. The average molecular weight is 2240 g/mol. The van der Waals surface area contributed by atoms with Crippen LogP contribution in [-0.4, -0.2) is 46.2 Å². The summed E-state index contributed by atoms with van der Waals surface area (Å²) in [5, 5.41) is 42.1. The summed E-state index contributed by atoms with van der Waals surface area (Å²) in [7, 11) is 0. The number of pyridine rings is 6. The van der Waals surface area contributed by atoms with Crippen molar-refractivity contribution in [3.63, 3.8) is 0 Å². The second-order valence-corrected chi connectivity index (χ2v) is 30.1. The van der Waals surface area contributed by atoms with E-state index < -0.39 is 0 Å². The van der Waals surface area contributed by atoms with Gasteiger partial charge >= 0.3 is 98.9 Å². The van der Waals surface area contributed by atoms with Gasteiger partial charge in [0.25, 0.3) is 6.26 Å². The first-order valence-corrected chi connectivity index (χ1v) is 45.7. The molecule has 22 rings (SSSR count). The van der Waals surface area contributed by atoms with Gasteiger partial charge in [-0.1, -0.05) is 224 Å². The standard InChI is InChI=1S/6C17H11N.C12H10N.C6H6O.C6H6S.CHNO.CNO.CHNS.6Ni/c6*1-3-8-14(9-4-1)16-12-7-13-17(18-16)15-10-5-2-6-11-15;1-3-7-11(8-4-1)13-12-9-5-2-6-10-12;2*7-6-4-2-1-3-5-6;3*2-1-3;;;;;;/h6*1-8,10,12-13H;1-10H;2*1-5,7H;3H;;3H;;;;;;/q6*-2;-1;;;;-1;;2*+2;4*+3/p-2. The van der Waals surface area contributed by atoms with Gasteiger partial charge in [-0.25, -0.2) is 5.26 Å². The smallest absolute Gasteiger partial charge is 0.780 e. The number of thiocyanates is 1. The second kappa shape index (κ2) is 74.5. The Morgan fingerprint density at radius 3 is 0.447 bits per heavy atom. The minimum atomic E-state index is 0. The van der Waals surface area contributed by atoms with Gasteiger partial charge in [-0.2, -0.15) is 10.2 Å². The number of phenolic OH excluding ortho intramolecular Hbond substituents is 1. The molecule has 22 aromatic rings. The normalized spacial score (nSPS) is 9.13. The maximum atomic E-state index is 8.63. The first-order valence-electron chi connectivity index (χ1n) is 44.9. The van der Waals surface area contributed by atoms with Gasteiger partial charge < -0.3 is 76.1 Å². The number of aromatic nitrogens is 6. The van der Waals surface area contributed by atoms with Crippen LogP contribution in [0.2, 0.25) is 0 Å². The molecule has 0 aliphatic heterocycles. The number of phenols is 1. The van der Waals surface area contributed by atoms with Crippen molar-refractivity contribution in [1.29, 1.82) is 10.5 Å². The minimum absolute atomic E-state index is 0. The number of para-hydroxylation sites is 3. The second-order valence-electron chi connectivity index (χ2n) is 29.5. The maximum Gasteiger partial charge on any atom is 3.00 e. The molecule has 0 fully saturated rings. The van der Waals surface area contributed by atoms with Crippen LogP contribution in [0, 0.1) is 95.0 Å². The zero-order valence-electron chi connectivity index (χ0n) is 79.6. The van der Waals surface area contributed by atoms with E-state index in [-0.39, 0.29) is 98.9 Å². The molecule has 21 heteroatoms. The van der Waals surface area contributed by atoms with Crippen molar-refractivity contribution >= 4 is 42.7 Å². The molecule has 2 N–H and O–H groups in total. The zero-order valence-corrected chi connectivity index (χ0v) is 87.2. The molecule has 0 aliphatic carbocycles. The van der Waals surface area contributed by atoms with Crippen LogP contribution in [0.3, 0.4) is 0 Å². The summed E-state index contributed by atoms with van der Waals surface area (Å²) in [5.74, 6) is 0.322. The number of benzene rings is 16. The summed E-state index contributed by atoms with van der Waals surface area (Å²) < 4.78 is 0. The van der Waals surface area contributed by atoms with E-state index in [2.05, 4.69) is 121 Å². The van der Waals surface area contributed by atoms with Crippen LogP contribution < -0.4 is 0 Å². The topological polar surface area (TPSA) is 219 Å². The van der Waals surface area contributed by atoms with Gasteiger partial charge in [0, 0.05) is 0 Å². The molecule has 744 valence electrons. The number of hydrogen-bond acceptors (Lipinski definition) is 13. The minimum Gasteiger partial charge on any atom is -0.780 e. The molecule has 0 amide bonds. The number of aromatic hydroxyl groups is 1. The SMILES string of the molecule is N#CO.N#C[S-].Oc1ccccc1.[N-]=C=O.[Ni+2].[Ni+2].[Ni+3].[Ni+3].[Ni+3].[Ni+3].[S-]c1ccccc1.[c-]1ccccc1-c1cccc(-c2[c-]cccc2)n1.[c-]1ccccc1-c1cccc(-c2[c-]cccc2)n1.[c-]1ccccc1-c1cccc(-c2[c-]cccc2)n1.[c-]1ccccc1-c1cccc(-c2[c-]cccc2)n1.[c-]1ccccc1-c1cccc(-c2[c-]cccc2)n1.[c-]1ccccc1-c1cccc(-c2[c-]cccc2)n1.c1ccc([N-]c2ccccc2)cc1. The molecule has 6 heterocycles. The molecule has 0 saturated heterocycles. The third kappa shape index (κ3) is 44.9. The Hall–Kier alpha value is -16.4. The van der Waals surface area contributed by atoms with Crippen LogP contribution in [0.1, 0.15) is 0 Å². The fourth-order valence-electron chi connectivity index (χ4n) is 13.0. The number of hydrogen-bond donors (Lipinski definition) is 2. The largest absolute Gasteiger partial charge is 3.00 e. The van der Waals surface area contributed by atoms with Crippen molar-refractivity contribution in [1.82, 2.24) is 29.9 Å². The van der Waals surface area contributed by atoms with Crippen molar-refractivity contribution in [3.8, 4) is 152 Å². The van der Waals surface area contributed by atoms with Crippen LogP contribution in [0.25, 0.3) is 146 Å². The molecule has 0 spiro atoms. The molecular formula is C129H88N10Ni6O3S2. The van der Waals surface area contributed by atoms with Crippen LogP contribution in [-0.2, 0) is 129 Å². The van der Waals surface area contributed by atoms with E-state index in [0.29, 0.717) is 11.8 Å². The van der Waals surface area contributed by atoms with E-state index in [1.165, 1.54) is 5.40 Å². The van der Waals surface area contributed by atoms with Crippen molar-refractivity contribution in [3.05, 3.63) is 605 Å². The van der Waals surface area contributed by atoms with E-state index in [0.717, 1.165) is 158 Å². The van der Waals surface area contributed by atoms with Gasteiger partial charge in [0.1, 0.15) is 5.75 Å². The fourth-order valence-corrected chi connectivity index (χ4v) is 13.2. The summed E-state index contributed by atoms with van der Waals surface area (Å²) >= 11 is 8.51. The van der Waals surface area contributed by atoms with Crippen LogP contribution in [0.4, 0.5) is 11.4 Å². The van der Waals surface area contributed by atoms with Crippen LogP contribution in [0.15, 0.2) is 527 Å². The molecule has 0 aliphatic rings. The summed E-state index contributed by atoms with van der Waals surface area (Å²) in [4.78, 5) is 37.0. The predicted molar refractivity (Wildman–Crippen MR) is 582 cm³/mol. The van der Waals surface area contributed by atoms with E-state index in [4.69, 9.17) is 43.6 Å². The number of rotatable bonds is 14. The molecule has 13 nitrogen and oxygen atoms in total. The molecule has 6 aromatic heterocycles. The van der Waals surface area contributed by atoms with Crippen molar-refractivity contribution in [2.75, 3.05) is 0 Å². The van der Waals surface area contributed by atoms with Crippen LogP contribution >= 0.6 is 0 Å². The van der Waals surface area contributed by atoms with E-state index in [1.807, 2.05) is 497 Å². The quantitative estimate of drug-likeness (QED) is 0.0259. The number of aliphatic hydroxyl groups excluding tert-OH is 1. The summed E-state index contributed by atoms with van der Waals surface area (Å²) in [6.07, 6.45) is 1.25. The van der Waals surface area contributed by atoms with Gasteiger partial charge in [-0.15, -0.1) is 442 Å². The number of carbonyl (C=O) groups excluding carboxylic acids is 1. The number of isocyanates is 1. The van der Waals surface area contributed by atoms with Crippen molar-refractivity contribution < 1.29 is 114 Å². The molecule has 16 aromatic carbocycles. The third-order valence-corrected chi connectivity index (χ3v) is 19.9. The van der Waals surface area contributed by atoms with Crippen molar-refractivity contribution in [2.45, 2.75) is 4.90 Å². The summed E-state index contributed by atoms with van der Waals surface area (Å²) in [5.41, 5.74) is 25.3. The third-order valence-electron chi connectivity index (χ3n) is 19.6. The zero-order chi connectivity index (χ0) is 101. The predicted octanol–water partition coefficient (Wildman–Crippen LogP) is 30.8. The van der Waals surface area contributed by atoms with Gasteiger partial charge in [-0.3, -0.25) is 4.79 Å². The molecule has 0 atom stereocenters. The van der Waals surface area contributed by atoms with E-state index in [9.17, 15) is 0 Å². The Balaban J connectivity index is 0.000000295.